The number of aliphatic carboxylic acids is 1. The van der Waals surface area contributed by atoms with Crippen LogP contribution < -0.4 is 5.73 Å². The molecule has 102 valence electrons. The van der Waals surface area contributed by atoms with Crippen LogP contribution in [0.2, 0.25) is 0 Å². The topological polar surface area (TPSA) is 104 Å². The van der Waals surface area contributed by atoms with E-state index in [9.17, 15) is 14.4 Å². The molecular formula is C11H19N3O4. The highest BCUT2D eigenvalue weighted by molar-refractivity contribution is 5.91. The molecule has 0 aromatic rings. The van der Waals surface area contributed by atoms with Crippen LogP contribution in [-0.2, 0) is 14.4 Å². The van der Waals surface area contributed by atoms with Crippen LogP contribution in [0.4, 0.5) is 0 Å². The maximum Gasteiger partial charge on any atom is 0.323 e. The van der Waals surface area contributed by atoms with Gasteiger partial charge >= 0.3 is 5.97 Å². The number of nitrogens with zero attached hydrogens (tertiary/aromatic N) is 2. The highest BCUT2D eigenvalue weighted by atomic mass is 16.4. The van der Waals surface area contributed by atoms with Gasteiger partial charge in [-0.05, 0) is 19.8 Å². The molecule has 0 aromatic heterocycles. The van der Waals surface area contributed by atoms with Gasteiger partial charge in [-0.3, -0.25) is 14.4 Å². The summed E-state index contributed by atoms with van der Waals surface area (Å²) in [6.07, 6.45) is 1.29. The Morgan fingerprint density at radius 1 is 1.50 bits per heavy atom. The normalized spacial score (nSPS) is 20.6. The Balaban J connectivity index is 2.72. The summed E-state index contributed by atoms with van der Waals surface area (Å²) in [5, 5.41) is 8.64. The number of likely N-dealkylation sites (tertiary alicyclic amines) is 1. The number of carbonyl (C=O) groups excluding carboxylic acids is 2. The fourth-order valence-electron chi connectivity index (χ4n) is 2.08. The Kier molecular flexibility index (Phi) is 4.66. The van der Waals surface area contributed by atoms with Crippen molar-refractivity contribution in [2.75, 3.05) is 20.1 Å². The number of hydrogen-bond donors (Lipinski definition) is 2. The molecule has 0 bridgehead atoms. The quantitative estimate of drug-likeness (QED) is 0.663. The lowest BCUT2D eigenvalue weighted by atomic mass is 10.2. The molecule has 1 saturated heterocycles. The zero-order chi connectivity index (χ0) is 13.9. The van der Waals surface area contributed by atoms with E-state index < -0.39 is 18.1 Å². The van der Waals surface area contributed by atoms with Gasteiger partial charge in [-0.25, -0.2) is 0 Å². The van der Waals surface area contributed by atoms with Gasteiger partial charge in [0.15, 0.2) is 0 Å². The fourth-order valence-corrected chi connectivity index (χ4v) is 2.08. The van der Waals surface area contributed by atoms with E-state index in [2.05, 4.69) is 0 Å². The van der Waals surface area contributed by atoms with Gasteiger partial charge in [0.1, 0.15) is 12.6 Å². The molecule has 1 aliphatic rings. The largest absolute Gasteiger partial charge is 0.480 e. The van der Waals surface area contributed by atoms with Crippen molar-refractivity contribution >= 4 is 17.8 Å². The van der Waals surface area contributed by atoms with Crippen LogP contribution >= 0.6 is 0 Å². The number of hydrogen-bond acceptors (Lipinski definition) is 4. The molecule has 3 N–H and O–H groups in total. The Bertz CT molecular complexity index is 356. The van der Waals surface area contributed by atoms with Crippen molar-refractivity contribution in [3.05, 3.63) is 0 Å². The van der Waals surface area contributed by atoms with Crippen LogP contribution in [0.3, 0.4) is 0 Å². The molecule has 18 heavy (non-hydrogen) atoms. The van der Waals surface area contributed by atoms with Crippen LogP contribution in [0, 0.1) is 0 Å². The van der Waals surface area contributed by atoms with E-state index in [0.29, 0.717) is 13.0 Å². The van der Waals surface area contributed by atoms with Crippen LogP contribution in [0.5, 0.6) is 0 Å². The Hall–Kier alpha value is -1.63. The van der Waals surface area contributed by atoms with Gasteiger partial charge in [-0.2, -0.15) is 0 Å². The molecule has 1 heterocycles. The first-order chi connectivity index (χ1) is 8.34. The van der Waals surface area contributed by atoms with E-state index in [-0.39, 0.29) is 18.4 Å². The van der Waals surface area contributed by atoms with E-state index in [1.165, 1.54) is 11.9 Å². The SMILES string of the molecule is C[C@H](N)C(=O)N1CCC[C@H]1C(=O)N(C)CC(=O)O. The first-order valence-corrected chi connectivity index (χ1v) is 5.87. The van der Waals surface area contributed by atoms with Crippen molar-refractivity contribution in [3.8, 4) is 0 Å². The van der Waals surface area contributed by atoms with Crippen molar-refractivity contribution in [2.45, 2.75) is 31.8 Å². The Morgan fingerprint density at radius 3 is 2.61 bits per heavy atom. The minimum atomic E-state index is -1.08. The second-order valence-corrected chi connectivity index (χ2v) is 4.57. The number of carboxylic acids is 1. The minimum absolute atomic E-state index is 0.269. The van der Waals surface area contributed by atoms with Crippen molar-refractivity contribution in [1.82, 2.24) is 9.80 Å². The highest BCUT2D eigenvalue weighted by Crippen LogP contribution is 2.19. The molecule has 2 amide bonds. The number of carboxylic acid groups (broad SMARTS) is 1. The molecule has 7 heteroatoms. The zero-order valence-corrected chi connectivity index (χ0v) is 10.6. The second kappa shape index (κ2) is 5.81. The van der Waals surface area contributed by atoms with Crippen molar-refractivity contribution in [1.29, 1.82) is 0 Å². The van der Waals surface area contributed by atoms with Gasteiger partial charge in [0.25, 0.3) is 0 Å². The third-order valence-corrected chi connectivity index (χ3v) is 2.96. The van der Waals surface area contributed by atoms with Gasteiger partial charge in [0.05, 0.1) is 6.04 Å². The van der Waals surface area contributed by atoms with Crippen LogP contribution in [0.1, 0.15) is 19.8 Å². The third kappa shape index (κ3) is 3.19. The molecule has 1 fully saturated rings. The fraction of sp³-hybridized carbons (Fsp3) is 0.727. The standard InChI is InChI=1S/C11H19N3O4/c1-7(12)10(17)14-5-3-4-8(14)11(18)13(2)6-9(15)16/h7-8H,3-6,12H2,1-2H3,(H,15,16)/t7-,8-/m0/s1. The van der Waals surface area contributed by atoms with Crippen LogP contribution in [0.25, 0.3) is 0 Å². The third-order valence-electron chi connectivity index (χ3n) is 2.96. The summed E-state index contributed by atoms with van der Waals surface area (Å²) in [7, 11) is 1.42. The second-order valence-electron chi connectivity index (χ2n) is 4.57. The molecular weight excluding hydrogens is 238 g/mol. The zero-order valence-electron chi connectivity index (χ0n) is 10.6. The molecule has 0 saturated carbocycles. The van der Waals surface area contributed by atoms with E-state index in [4.69, 9.17) is 10.8 Å². The smallest absolute Gasteiger partial charge is 0.323 e. The summed E-state index contributed by atoms with van der Waals surface area (Å²) in [5.74, 6) is -1.69. The average Bonchev–Trinajstić information content (AvgIpc) is 2.74. The lowest BCUT2D eigenvalue weighted by Gasteiger charge is -2.28. The highest BCUT2D eigenvalue weighted by Gasteiger charge is 2.36. The van der Waals surface area contributed by atoms with E-state index >= 15 is 0 Å². The molecule has 7 nitrogen and oxygen atoms in total. The summed E-state index contributed by atoms with van der Waals surface area (Å²) >= 11 is 0. The molecule has 0 spiro atoms. The van der Waals surface area contributed by atoms with Gasteiger partial charge in [0.2, 0.25) is 11.8 Å². The first-order valence-electron chi connectivity index (χ1n) is 5.87. The minimum Gasteiger partial charge on any atom is -0.480 e. The van der Waals surface area contributed by atoms with E-state index in [1.54, 1.807) is 6.92 Å². The number of amides is 2. The molecule has 0 radical (unpaired) electrons. The summed E-state index contributed by atoms with van der Waals surface area (Å²) in [5.41, 5.74) is 5.52. The van der Waals surface area contributed by atoms with Crippen molar-refractivity contribution < 1.29 is 19.5 Å². The van der Waals surface area contributed by atoms with Crippen molar-refractivity contribution in [2.24, 2.45) is 5.73 Å². The summed E-state index contributed by atoms with van der Waals surface area (Å²) < 4.78 is 0. The predicted octanol–water partition coefficient (Wildman–Crippen LogP) is -1.13. The molecule has 0 aliphatic carbocycles. The monoisotopic (exact) mass is 257 g/mol. The number of rotatable bonds is 4. The number of carbonyl (C=O) groups is 3. The van der Waals surface area contributed by atoms with Gasteiger partial charge in [-0.1, -0.05) is 0 Å². The van der Waals surface area contributed by atoms with Gasteiger partial charge in [-0.15, -0.1) is 0 Å². The van der Waals surface area contributed by atoms with Crippen LogP contribution in [0.15, 0.2) is 0 Å². The molecule has 2 atom stereocenters. The Labute approximate surface area is 106 Å². The average molecular weight is 257 g/mol. The molecule has 0 unspecified atom stereocenters. The summed E-state index contributed by atoms with van der Waals surface area (Å²) in [6, 6.07) is -1.23. The van der Waals surface area contributed by atoms with Gasteiger partial charge in [0, 0.05) is 13.6 Å². The van der Waals surface area contributed by atoms with Gasteiger partial charge < -0.3 is 20.6 Å². The molecule has 1 rings (SSSR count). The lowest BCUT2D eigenvalue weighted by molar-refractivity contribution is -0.148. The Morgan fingerprint density at radius 2 is 2.11 bits per heavy atom. The van der Waals surface area contributed by atoms with Crippen LogP contribution in [-0.4, -0.2) is 64.9 Å². The molecule has 0 aromatic carbocycles. The first kappa shape index (κ1) is 14.4. The predicted molar refractivity (Wildman–Crippen MR) is 63.7 cm³/mol. The van der Waals surface area contributed by atoms with E-state index in [1.807, 2.05) is 0 Å². The maximum atomic E-state index is 12.0. The number of nitrogens with two attached hydrogens (primary N) is 1. The summed E-state index contributed by atoms with van der Waals surface area (Å²) in [6.45, 7) is 1.70. The van der Waals surface area contributed by atoms with E-state index in [0.717, 1.165) is 11.3 Å². The maximum absolute atomic E-state index is 12.0. The number of likely N-dealkylation sites (N-methyl/N-ethyl adjacent to an activating group) is 1. The summed E-state index contributed by atoms with van der Waals surface area (Å²) in [4.78, 5) is 37.0. The lowest BCUT2D eigenvalue weighted by Crippen LogP contribution is -2.51. The molecule has 1 aliphatic heterocycles. The van der Waals surface area contributed by atoms with Crippen molar-refractivity contribution in [3.63, 3.8) is 0 Å².